The second-order valence-electron chi connectivity index (χ2n) is 4.30. The SMILES string of the molecule is Cc1nc([C@@H]2CNC[C@@H]2c2ccccn2)no1. The summed E-state index contributed by atoms with van der Waals surface area (Å²) in [4.78, 5) is 8.74. The van der Waals surface area contributed by atoms with Crippen molar-refractivity contribution in [1.82, 2.24) is 20.4 Å². The van der Waals surface area contributed by atoms with Gasteiger partial charge in [-0.15, -0.1) is 0 Å². The topological polar surface area (TPSA) is 63.8 Å². The number of hydrogen-bond acceptors (Lipinski definition) is 5. The maximum Gasteiger partial charge on any atom is 0.223 e. The lowest BCUT2D eigenvalue weighted by atomic mass is 9.92. The van der Waals surface area contributed by atoms with Crippen LogP contribution in [0.3, 0.4) is 0 Å². The van der Waals surface area contributed by atoms with E-state index in [9.17, 15) is 0 Å². The number of pyridine rings is 1. The lowest BCUT2D eigenvalue weighted by molar-refractivity contribution is 0.382. The molecule has 1 saturated heterocycles. The lowest BCUT2D eigenvalue weighted by Crippen LogP contribution is -2.11. The van der Waals surface area contributed by atoms with Crippen molar-refractivity contribution in [1.29, 1.82) is 0 Å². The molecule has 17 heavy (non-hydrogen) atoms. The van der Waals surface area contributed by atoms with Crippen LogP contribution in [-0.4, -0.2) is 28.2 Å². The van der Waals surface area contributed by atoms with Gasteiger partial charge in [-0.1, -0.05) is 11.2 Å². The van der Waals surface area contributed by atoms with Crippen molar-refractivity contribution in [2.24, 2.45) is 0 Å². The van der Waals surface area contributed by atoms with E-state index in [1.807, 2.05) is 25.3 Å². The van der Waals surface area contributed by atoms with Crippen LogP contribution in [0.5, 0.6) is 0 Å². The van der Waals surface area contributed by atoms with Crippen molar-refractivity contribution in [2.75, 3.05) is 13.1 Å². The highest BCUT2D eigenvalue weighted by Crippen LogP contribution is 2.33. The molecular weight excluding hydrogens is 216 g/mol. The fourth-order valence-electron chi connectivity index (χ4n) is 2.32. The number of aromatic nitrogens is 3. The summed E-state index contributed by atoms with van der Waals surface area (Å²) in [5.74, 6) is 1.98. The van der Waals surface area contributed by atoms with Gasteiger partial charge < -0.3 is 9.84 Å². The van der Waals surface area contributed by atoms with Crippen molar-refractivity contribution >= 4 is 0 Å². The van der Waals surface area contributed by atoms with Crippen LogP contribution in [0.1, 0.15) is 29.2 Å². The third kappa shape index (κ3) is 1.93. The van der Waals surface area contributed by atoms with E-state index in [4.69, 9.17) is 4.52 Å². The zero-order valence-electron chi connectivity index (χ0n) is 9.63. The normalized spacial score (nSPS) is 24.1. The molecule has 3 rings (SSSR count). The third-order valence-electron chi connectivity index (χ3n) is 3.16. The van der Waals surface area contributed by atoms with Crippen LogP contribution in [0.2, 0.25) is 0 Å². The van der Waals surface area contributed by atoms with E-state index < -0.39 is 0 Å². The van der Waals surface area contributed by atoms with E-state index in [1.54, 1.807) is 0 Å². The van der Waals surface area contributed by atoms with Gasteiger partial charge in [0.05, 0.1) is 0 Å². The van der Waals surface area contributed by atoms with Crippen molar-refractivity contribution in [3.8, 4) is 0 Å². The van der Waals surface area contributed by atoms with Crippen LogP contribution in [0.25, 0.3) is 0 Å². The molecule has 0 unspecified atom stereocenters. The van der Waals surface area contributed by atoms with E-state index in [-0.39, 0.29) is 5.92 Å². The molecule has 2 aromatic rings. The van der Waals surface area contributed by atoms with E-state index in [0.717, 1.165) is 24.6 Å². The predicted octanol–water partition coefficient (Wildman–Crippen LogP) is 1.24. The number of nitrogens with zero attached hydrogens (tertiary/aromatic N) is 3. The molecule has 2 atom stereocenters. The summed E-state index contributed by atoms with van der Waals surface area (Å²) in [6.07, 6.45) is 1.83. The number of nitrogens with one attached hydrogen (secondary N) is 1. The molecule has 0 saturated carbocycles. The first kappa shape index (κ1) is 10.4. The van der Waals surface area contributed by atoms with Gasteiger partial charge in [-0.05, 0) is 12.1 Å². The highest BCUT2D eigenvalue weighted by atomic mass is 16.5. The van der Waals surface area contributed by atoms with Crippen LogP contribution in [0, 0.1) is 6.92 Å². The zero-order valence-corrected chi connectivity index (χ0v) is 9.63. The minimum Gasteiger partial charge on any atom is -0.340 e. The van der Waals surface area contributed by atoms with Crippen molar-refractivity contribution in [3.05, 3.63) is 41.8 Å². The summed E-state index contributed by atoms with van der Waals surface area (Å²) in [6.45, 7) is 3.60. The molecule has 2 aromatic heterocycles. The van der Waals surface area contributed by atoms with Gasteiger partial charge in [-0.2, -0.15) is 4.98 Å². The smallest absolute Gasteiger partial charge is 0.223 e. The van der Waals surface area contributed by atoms with Crippen LogP contribution >= 0.6 is 0 Å². The van der Waals surface area contributed by atoms with E-state index in [1.165, 1.54) is 0 Å². The van der Waals surface area contributed by atoms with Gasteiger partial charge in [0.2, 0.25) is 5.89 Å². The molecule has 88 valence electrons. The van der Waals surface area contributed by atoms with Gasteiger partial charge in [0.15, 0.2) is 5.82 Å². The van der Waals surface area contributed by atoms with E-state index in [2.05, 4.69) is 26.5 Å². The Kier molecular flexibility index (Phi) is 2.60. The Labute approximate surface area is 99.3 Å². The van der Waals surface area contributed by atoms with Gasteiger partial charge >= 0.3 is 0 Å². The Morgan fingerprint density at radius 3 is 2.88 bits per heavy atom. The quantitative estimate of drug-likeness (QED) is 0.841. The van der Waals surface area contributed by atoms with Gasteiger partial charge in [0.1, 0.15) is 0 Å². The van der Waals surface area contributed by atoms with Gasteiger partial charge in [0.25, 0.3) is 0 Å². The zero-order chi connectivity index (χ0) is 11.7. The Morgan fingerprint density at radius 2 is 2.18 bits per heavy atom. The van der Waals surface area contributed by atoms with Gasteiger partial charge in [-0.3, -0.25) is 4.98 Å². The Bertz CT molecular complexity index is 496. The third-order valence-corrected chi connectivity index (χ3v) is 3.16. The summed E-state index contributed by atoms with van der Waals surface area (Å²) < 4.78 is 5.05. The van der Waals surface area contributed by atoms with Crippen LogP contribution in [0.4, 0.5) is 0 Å². The predicted molar refractivity (Wildman–Crippen MR) is 61.6 cm³/mol. The van der Waals surface area contributed by atoms with Crippen LogP contribution in [0.15, 0.2) is 28.9 Å². The second-order valence-corrected chi connectivity index (χ2v) is 4.30. The van der Waals surface area contributed by atoms with Gasteiger partial charge in [0, 0.05) is 43.7 Å². The maximum absolute atomic E-state index is 5.05. The fourth-order valence-corrected chi connectivity index (χ4v) is 2.32. The summed E-state index contributed by atoms with van der Waals surface area (Å²) in [5, 5.41) is 7.39. The fraction of sp³-hybridized carbons (Fsp3) is 0.417. The molecule has 1 aliphatic rings. The van der Waals surface area contributed by atoms with Gasteiger partial charge in [-0.25, -0.2) is 0 Å². The highest BCUT2D eigenvalue weighted by molar-refractivity contribution is 5.19. The summed E-state index contributed by atoms with van der Waals surface area (Å²) in [6, 6.07) is 6.00. The molecule has 5 nitrogen and oxygen atoms in total. The molecule has 1 aliphatic heterocycles. The molecule has 3 heterocycles. The van der Waals surface area contributed by atoms with Crippen molar-refractivity contribution in [3.63, 3.8) is 0 Å². The van der Waals surface area contributed by atoms with E-state index >= 15 is 0 Å². The molecule has 0 radical (unpaired) electrons. The van der Waals surface area contributed by atoms with Crippen LogP contribution < -0.4 is 5.32 Å². The first-order valence-corrected chi connectivity index (χ1v) is 5.76. The standard InChI is InChI=1S/C12H14N4O/c1-8-15-12(16-17-8)10-7-13-6-9(10)11-4-2-3-5-14-11/h2-5,9-10,13H,6-7H2,1H3/t9-,10+/m0/s1. The van der Waals surface area contributed by atoms with E-state index in [0.29, 0.717) is 11.8 Å². The van der Waals surface area contributed by atoms with Crippen molar-refractivity contribution < 1.29 is 4.52 Å². The number of aryl methyl sites for hydroxylation is 1. The Balaban J connectivity index is 1.90. The molecule has 0 aliphatic carbocycles. The minimum atomic E-state index is 0.252. The maximum atomic E-state index is 5.05. The minimum absolute atomic E-state index is 0.252. The highest BCUT2D eigenvalue weighted by Gasteiger charge is 2.33. The average molecular weight is 230 g/mol. The molecule has 0 aromatic carbocycles. The number of hydrogen-bond donors (Lipinski definition) is 1. The molecule has 0 amide bonds. The summed E-state index contributed by atoms with van der Waals surface area (Å²) in [5.41, 5.74) is 1.09. The van der Waals surface area contributed by atoms with Crippen molar-refractivity contribution in [2.45, 2.75) is 18.8 Å². The lowest BCUT2D eigenvalue weighted by Gasteiger charge is -2.14. The molecule has 1 fully saturated rings. The molecule has 0 spiro atoms. The second kappa shape index (κ2) is 4.25. The first-order valence-electron chi connectivity index (χ1n) is 5.76. The summed E-state index contributed by atoms with van der Waals surface area (Å²) >= 11 is 0. The molecule has 0 bridgehead atoms. The molecule has 1 N–H and O–H groups in total. The molecular formula is C12H14N4O. The summed E-state index contributed by atoms with van der Waals surface area (Å²) in [7, 11) is 0. The Morgan fingerprint density at radius 1 is 1.29 bits per heavy atom. The first-order chi connectivity index (χ1) is 8.34. The molecule has 5 heteroatoms. The number of rotatable bonds is 2. The average Bonchev–Trinajstić information content (AvgIpc) is 2.98. The van der Waals surface area contributed by atoms with Crippen LogP contribution in [-0.2, 0) is 0 Å². The largest absolute Gasteiger partial charge is 0.340 e. The Hall–Kier alpha value is -1.75. The monoisotopic (exact) mass is 230 g/mol.